The average molecular weight is 539 g/mol. The van der Waals surface area contributed by atoms with E-state index in [1.807, 2.05) is 50.7 Å². The van der Waals surface area contributed by atoms with Crippen LogP contribution in [-0.2, 0) is 16.2 Å². The second-order valence-corrected chi connectivity index (χ2v) is 17.9. The van der Waals surface area contributed by atoms with Gasteiger partial charge in [0.1, 0.15) is 18.0 Å². The number of hydrogen-bond donors (Lipinski definition) is 1. The molecule has 1 amide bonds. The number of rotatable bonds is 8. The molecule has 1 saturated heterocycles. The molecule has 1 aliphatic heterocycles. The SMILES string of the molecule is Cc1cnc(NC2CCN(C(=O)OC(C)(C)C)CC2)nc1-c1nn(COCC[Si](C)(C)C)c2ccccc12. The van der Waals surface area contributed by atoms with Crippen LogP contribution in [0.3, 0.4) is 0 Å². The summed E-state index contributed by atoms with van der Waals surface area (Å²) in [5, 5.41) is 9.45. The highest BCUT2D eigenvalue weighted by Crippen LogP contribution is 2.30. The summed E-state index contributed by atoms with van der Waals surface area (Å²) < 4.78 is 13.5. The summed E-state index contributed by atoms with van der Waals surface area (Å²) in [7, 11) is -1.15. The van der Waals surface area contributed by atoms with Gasteiger partial charge in [0.05, 0.1) is 11.2 Å². The number of carbonyl (C=O) groups excluding carboxylic acids is 1. The highest BCUT2D eigenvalue weighted by molar-refractivity contribution is 6.76. The molecule has 10 heteroatoms. The molecule has 206 valence electrons. The minimum Gasteiger partial charge on any atom is -0.444 e. The van der Waals surface area contributed by atoms with Gasteiger partial charge in [-0.2, -0.15) is 5.10 Å². The number of ether oxygens (including phenoxy) is 2. The van der Waals surface area contributed by atoms with E-state index in [1.165, 1.54) is 0 Å². The number of amides is 1. The van der Waals surface area contributed by atoms with Gasteiger partial charge < -0.3 is 19.7 Å². The predicted molar refractivity (Wildman–Crippen MR) is 154 cm³/mol. The van der Waals surface area contributed by atoms with Crippen molar-refractivity contribution in [1.82, 2.24) is 24.6 Å². The Morgan fingerprint density at radius 2 is 1.84 bits per heavy atom. The summed E-state index contributed by atoms with van der Waals surface area (Å²) in [4.78, 5) is 23.6. The molecule has 3 heterocycles. The maximum absolute atomic E-state index is 12.4. The Balaban J connectivity index is 1.46. The molecule has 38 heavy (non-hydrogen) atoms. The van der Waals surface area contributed by atoms with Crippen molar-refractivity contribution in [2.24, 2.45) is 0 Å². The molecule has 0 aliphatic carbocycles. The number of nitrogens with one attached hydrogen (secondary N) is 1. The van der Waals surface area contributed by atoms with Crippen LogP contribution in [0.4, 0.5) is 10.7 Å². The van der Waals surface area contributed by atoms with Crippen LogP contribution in [-0.4, -0.2) is 70.2 Å². The Hall–Kier alpha value is -2.98. The number of piperidine rings is 1. The van der Waals surface area contributed by atoms with Gasteiger partial charge in [0.2, 0.25) is 5.95 Å². The Labute approximate surface area is 226 Å². The second kappa shape index (κ2) is 11.4. The lowest BCUT2D eigenvalue weighted by atomic mass is 10.1. The molecular formula is C28H42N6O3Si. The quantitative estimate of drug-likeness (QED) is 0.281. The van der Waals surface area contributed by atoms with Gasteiger partial charge in [-0.05, 0) is 58.2 Å². The molecule has 0 radical (unpaired) electrons. The molecule has 0 spiro atoms. The summed E-state index contributed by atoms with van der Waals surface area (Å²) in [5.74, 6) is 0.575. The molecular weight excluding hydrogens is 496 g/mol. The van der Waals surface area contributed by atoms with Crippen molar-refractivity contribution in [3.63, 3.8) is 0 Å². The first-order valence-corrected chi connectivity index (χ1v) is 17.2. The van der Waals surface area contributed by atoms with Crippen LogP contribution in [0.1, 0.15) is 39.2 Å². The van der Waals surface area contributed by atoms with Gasteiger partial charge in [-0.3, -0.25) is 0 Å². The molecule has 0 unspecified atom stereocenters. The van der Waals surface area contributed by atoms with E-state index >= 15 is 0 Å². The molecule has 0 saturated carbocycles. The van der Waals surface area contributed by atoms with Gasteiger partial charge in [-0.15, -0.1) is 0 Å². The number of carbonyl (C=O) groups is 1. The number of hydrogen-bond acceptors (Lipinski definition) is 7. The van der Waals surface area contributed by atoms with Gasteiger partial charge in [0, 0.05) is 45.4 Å². The average Bonchev–Trinajstić information content (AvgIpc) is 3.20. The Kier molecular flexibility index (Phi) is 8.42. The maximum Gasteiger partial charge on any atom is 0.410 e. The molecule has 1 fully saturated rings. The fourth-order valence-corrected chi connectivity index (χ4v) is 5.15. The zero-order valence-corrected chi connectivity index (χ0v) is 24.9. The van der Waals surface area contributed by atoms with Crippen LogP contribution in [0.5, 0.6) is 0 Å². The van der Waals surface area contributed by atoms with Crippen molar-refractivity contribution in [3.8, 4) is 11.4 Å². The number of aromatic nitrogens is 4. The van der Waals surface area contributed by atoms with Crippen molar-refractivity contribution in [1.29, 1.82) is 0 Å². The molecule has 1 aliphatic rings. The Morgan fingerprint density at radius 1 is 1.13 bits per heavy atom. The molecule has 2 aromatic heterocycles. The van der Waals surface area contributed by atoms with Gasteiger partial charge in [0.15, 0.2) is 0 Å². The monoisotopic (exact) mass is 538 g/mol. The van der Waals surface area contributed by atoms with Gasteiger partial charge in [0.25, 0.3) is 0 Å². The van der Waals surface area contributed by atoms with Crippen LogP contribution in [0, 0.1) is 6.92 Å². The van der Waals surface area contributed by atoms with E-state index < -0.39 is 13.7 Å². The standard InChI is InChI=1S/C28H42N6O3Si/c1-20-18-29-26(30-21-12-14-33(15-13-21)27(35)37-28(2,3)4)31-24(20)25-22-10-8-9-11-23(22)34(32-25)19-36-16-17-38(5,6)7/h8-11,18,21H,12-17,19H2,1-7H3,(H,29,30,31). The third kappa shape index (κ3) is 7.32. The smallest absolute Gasteiger partial charge is 0.410 e. The molecule has 0 atom stereocenters. The third-order valence-electron chi connectivity index (χ3n) is 6.54. The molecule has 4 rings (SSSR count). The summed E-state index contributed by atoms with van der Waals surface area (Å²) in [6.45, 7) is 17.2. The zero-order valence-electron chi connectivity index (χ0n) is 23.9. The van der Waals surface area contributed by atoms with Crippen molar-refractivity contribution in [2.45, 2.75) is 84.6 Å². The van der Waals surface area contributed by atoms with Gasteiger partial charge >= 0.3 is 6.09 Å². The fourth-order valence-electron chi connectivity index (χ4n) is 4.40. The van der Waals surface area contributed by atoms with Gasteiger partial charge in [-0.1, -0.05) is 37.8 Å². The lowest BCUT2D eigenvalue weighted by molar-refractivity contribution is 0.0210. The van der Waals surface area contributed by atoms with E-state index in [2.05, 4.69) is 42.1 Å². The first-order chi connectivity index (χ1) is 17.9. The van der Waals surface area contributed by atoms with Crippen molar-refractivity contribution in [3.05, 3.63) is 36.0 Å². The van der Waals surface area contributed by atoms with Crippen LogP contribution < -0.4 is 5.32 Å². The molecule has 1 aromatic carbocycles. The van der Waals surface area contributed by atoms with Gasteiger partial charge in [-0.25, -0.2) is 19.4 Å². The lowest BCUT2D eigenvalue weighted by Gasteiger charge is -2.33. The lowest BCUT2D eigenvalue weighted by Crippen LogP contribution is -2.44. The number of anilines is 1. The largest absolute Gasteiger partial charge is 0.444 e. The molecule has 3 aromatic rings. The normalized spacial score (nSPS) is 15.2. The minimum atomic E-state index is -1.15. The fraction of sp³-hybridized carbons (Fsp3) is 0.571. The number of aryl methyl sites for hydroxylation is 1. The van der Waals surface area contributed by atoms with E-state index in [0.717, 1.165) is 53.3 Å². The van der Waals surface area contributed by atoms with E-state index in [1.54, 1.807) is 4.90 Å². The molecule has 0 bridgehead atoms. The molecule has 1 N–H and O–H groups in total. The minimum absolute atomic E-state index is 0.179. The predicted octanol–water partition coefficient (Wildman–Crippen LogP) is 5.93. The van der Waals surface area contributed by atoms with Crippen molar-refractivity contribution >= 4 is 31.0 Å². The summed E-state index contributed by atoms with van der Waals surface area (Å²) in [6, 6.07) is 9.50. The number of fused-ring (bicyclic) bond motifs is 1. The van der Waals surface area contributed by atoms with E-state index in [9.17, 15) is 4.79 Å². The summed E-state index contributed by atoms with van der Waals surface area (Å²) in [5.41, 5.74) is 3.14. The maximum atomic E-state index is 12.4. The first kappa shape index (κ1) is 28.0. The topological polar surface area (TPSA) is 94.4 Å². The number of benzene rings is 1. The van der Waals surface area contributed by atoms with Crippen LogP contribution in [0.2, 0.25) is 25.7 Å². The Morgan fingerprint density at radius 3 is 2.53 bits per heavy atom. The van der Waals surface area contributed by atoms with Crippen molar-refractivity contribution < 1.29 is 14.3 Å². The number of nitrogens with zero attached hydrogens (tertiary/aromatic N) is 5. The number of para-hydroxylation sites is 1. The van der Waals surface area contributed by atoms with E-state index in [4.69, 9.17) is 19.6 Å². The zero-order chi connectivity index (χ0) is 27.5. The van der Waals surface area contributed by atoms with E-state index in [0.29, 0.717) is 25.8 Å². The first-order valence-electron chi connectivity index (χ1n) is 13.5. The molecule has 9 nitrogen and oxygen atoms in total. The highest BCUT2D eigenvalue weighted by atomic mass is 28.3. The second-order valence-electron chi connectivity index (χ2n) is 12.3. The van der Waals surface area contributed by atoms with Crippen LogP contribution >= 0.6 is 0 Å². The number of likely N-dealkylation sites (tertiary alicyclic amines) is 1. The van der Waals surface area contributed by atoms with Crippen molar-refractivity contribution in [2.75, 3.05) is 25.0 Å². The Bertz CT molecular complexity index is 1260. The van der Waals surface area contributed by atoms with Crippen LogP contribution in [0.25, 0.3) is 22.3 Å². The highest BCUT2D eigenvalue weighted by Gasteiger charge is 2.27. The van der Waals surface area contributed by atoms with Crippen LogP contribution in [0.15, 0.2) is 30.5 Å². The third-order valence-corrected chi connectivity index (χ3v) is 8.25. The summed E-state index contributed by atoms with van der Waals surface area (Å²) in [6.07, 6.45) is 3.20. The summed E-state index contributed by atoms with van der Waals surface area (Å²) >= 11 is 0. The van der Waals surface area contributed by atoms with E-state index in [-0.39, 0.29) is 12.1 Å².